The number of amides is 1. The van der Waals surface area contributed by atoms with Gasteiger partial charge in [-0.1, -0.05) is 34.1 Å². The number of carbonyl (C=O) groups excluding carboxylic acids is 1. The van der Waals surface area contributed by atoms with E-state index in [4.69, 9.17) is 0 Å². The van der Waals surface area contributed by atoms with Gasteiger partial charge in [0.2, 0.25) is 5.56 Å². The lowest BCUT2D eigenvalue weighted by Gasteiger charge is -2.20. The number of nitrogens with one attached hydrogen (secondary N) is 2. The van der Waals surface area contributed by atoms with Crippen LogP contribution in [0.4, 0.5) is 0 Å². The maximum atomic E-state index is 12.2. The van der Waals surface area contributed by atoms with Crippen LogP contribution in [0, 0.1) is 5.92 Å². The number of carboxylic acid groups (broad SMARTS) is 1. The van der Waals surface area contributed by atoms with Crippen LogP contribution in [0.25, 0.3) is 0 Å². The van der Waals surface area contributed by atoms with Crippen LogP contribution in [0.15, 0.2) is 16.9 Å². The van der Waals surface area contributed by atoms with Crippen molar-refractivity contribution < 1.29 is 14.7 Å². The Morgan fingerprint density at radius 3 is 2.38 bits per heavy atom. The van der Waals surface area contributed by atoms with Crippen molar-refractivity contribution in [2.24, 2.45) is 5.92 Å². The summed E-state index contributed by atoms with van der Waals surface area (Å²) in [6.07, 6.45) is 0.629. The number of aliphatic carboxylic acids is 1. The minimum absolute atomic E-state index is 0.0651. The number of pyridine rings is 1. The van der Waals surface area contributed by atoms with Crippen molar-refractivity contribution in [2.75, 3.05) is 0 Å². The van der Waals surface area contributed by atoms with Gasteiger partial charge in [-0.3, -0.25) is 9.59 Å². The van der Waals surface area contributed by atoms with Crippen molar-refractivity contribution in [3.63, 3.8) is 0 Å². The average molecular weight is 294 g/mol. The molecule has 3 N–H and O–H groups in total. The molecule has 0 saturated heterocycles. The molecule has 0 unspecified atom stereocenters. The molecule has 0 aromatic carbocycles. The van der Waals surface area contributed by atoms with E-state index in [1.807, 2.05) is 20.8 Å². The molecule has 1 aromatic rings. The summed E-state index contributed by atoms with van der Waals surface area (Å²) < 4.78 is 0. The maximum absolute atomic E-state index is 12.2. The molecule has 21 heavy (non-hydrogen) atoms. The van der Waals surface area contributed by atoms with Crippen molar-refractivity contribution in [3.8, 4) is 0 Å². The van der Waals surface area contributed by atoms with Gasteiger partial charge in [0.1, 0.15) is 6.04 Å². The Morgan fingerprint density at radius 2 is 1.90 bits per heavy atom. The number of carboxylic acids is 1. The van der Waals surface area contributed by atoms with Crippen molar-refractivity contribution in [2.45, 2.75) is 46.1 Å². The van der Waals surface area contributed by atoms with Crippen LogP contribution in [0.3, 0.4) is 0 Å². The predicted molar refractivity (Wildman–Crippen MR) is 79.5 cm³/mol. The first-order chi connectivity index (χ1) is 9.76. The molecule has 0 aliphatic rings. The predicted octanol–water partition coefficient (Wildman–Crippen LogP) is 1.73. The Balaban J connectivity index is 3.03. The Kier molecular flexibility index (Phi) is 5.69. The molecular formula is C15H22N2O4. The lowest BCUT2D eigenvalue weighted by atomic mass is 9.98. The van der Waals surface area contributed by atoms with E-state index in [9.17, 15) is 19.5 Å². The molecule has 0 fully saturated rings. The molecule has 0 bridgehead atoms. The quantitative estimate of drug-likeness (QED) is 0.744. The summed E-state index contributed by atoms with van der Waals surface area (Å²) in [5.74, 6) is -1.75. The van der Waals surface area contributed by atoms with E-state index in [-0.39, 0.29) is 23.0 Å². The molecule has 0 aliphatic carbocycles. The summed E-state index contributed by atoms with van der Waals surface area (Å²) in [4.78, 5) is 37.6. The van der Waals surface area contributed by atoms with Crippen molar-refractivity contribution in [1.29, 1.82) is 0 Å². The fourth-order valence-corrected chi connectivity index (χ4v) is 1.91. The van der Waals surface area contributed by atoms with E-state index in [1.54, 1.807) is 13.0 Å². The van der Waals surface area contributed by atoms with Gasteiger partial charge in [-0.05, 0) is 17.9 Å². The van der Waals surface area contributed by atoms with Crippen molar-refractivity contribution >= 4 is 11.9 Å². The first-order valence-electron chi connectivity index (χ1n) is 7.04. The molecule has 116 valence electrons. The second-order valence-corrected chi connectivity index (χ2v) is 5.52. The molecule has 1 amide bonds. The summed E-state index contributed by atoms with van der Waals surface area (Å²) in [5.41, 5.74) is 0.446. The van der Waals surface area contributed by atoms with Gasteiger partial charge in [0.25, 0.3) is 5.91 Å². The van der Waals surface area contributed by atoms with E-state index in [0.717, 1.165) is 0 Å². The summed E-state index contributed by atoms with van der Waals surface area (Å²) in [5, 5.41) is 11.7. The third-order valence-electron chi connectivity index (χ3n) is 3.51. The highest BCUT2D eigenvalue weighted by Crippen LogP contribution is 2.12. The van der Waals surface area contributed by atoms with E-state index in [0.29, 0.717) is 12.1 Å². The largest absolute Gasteiger partial charge is 0.480 e. The fraction of sp³-hybridized carbons (Fsp3) is 0.533. The monoisotopic (exact) mass is 294 g/mol. The van der Waals surface area contributed by atoms with Crippen LogP contribution in [0.1, 0.15) is 56.1 Å². The minimum Gasteiger partial charge on any atom is -0.480 e. The van der Waals surface area contributed by atoms with Gasteiger partial charge in [-0.2, -0.15) is 0 Å². The van der Waals surface area contributed by atoms with Crippen LogP contribution in [-0.2, 0) is 4.79 Å². The second-order valence-electron chi connectivity index (χ2n) is 5.52. The Hall–Kier alpha value is -2.11. The highest BCUT2D eigenvalue weighted by Gasteiger charge is 2.26. The van der Waals surface area contributed by atoms with Gasteiger partial charge in [0.05, 0.1) is 0 Å². The highest BCUT2D eigenvalue weighted by atomic mass is 16.4. The van der Waals surface area contributed by atoms with Crippen molar-refractivity contribution in [3.05, 3.63) is 33.7 Å². The van der Waals surface area contributed by atoms with Gasteiger partial charge in [-0.25, -0.2) is 4.79 Å². The average Bonchev–Trinajstić information content (AvgIpc) is 2.42. The fourth-order valence-electron chi connectivity index (χ4n) is 1.91. The van der Waals surface area contributed by atoms with Crippen LogP contribution in [0.2, 0.25) is 0 Å². The smallest absolute Gasteiger partial charge is 0.326 e. The Labute approximate surface area is 123 Å². The molecule has 0 radical (unpaired) electrons. The lowest BCUT2D eigenvalue weighted by molar-refractivity contribution is -0.140. The van der Waals surface area contributed by atoms with Gasteiger partial charge >= 0.3 is 5.97 Å². The van der Waals surface area contributed by atoms with Crippen LogP contribution in [0.5, 0.6) is 0 Å². The Morgan fingerprint density at radius 1 is 1.29 bits per heavy atom. The zero-order valence-electron chi connectivity index (χ0n) is 12.8. The zero-order chi connectivity index (χ0) is 16.2. The molecule has 0 spiro atoms. The molecule has 6 heteroatoms. The molecule has 6 nitrogen and oxygen atoms in total. The van der Waals surface area contributed by atoms with E-state index in [2.05, 4.69) is 10.3 Å². The first-order valence-corrected chi connectivity index (χ1v) is 7.04. The maximum Gasteiger partial charge on any atom is 0.326 e. The molecule has 1 rings (SSSR count). The van der Waals surface area contributed by atoms with Crippen LogP contribution >= 0.6 is 0 Å². The van der Waals surface area contributed by atoms with Gasteiger partial charge in [0, 0.05) is 17.3 Å². The standard InChI is InChI=1S/C15H22N2O4/c1-5-9(4)13(15(20)21)17-14(19)10-6-11(8(2)3)16-12(18)7-10/h6-9,13H,5H2,1-4H3,(H,16,18)(H,17,19)(H,20,21)/t9-,13-/m0/s1. The topological polar surface area (TPSA) is 99.3 Å². The summed E-state index contributed by atoms with van der Waals surface area (Å²) in [7, 11) is 0. The van der Waals surface area contributed by atoms with Crippen LogP contribution < -0.4 is 10.9 Å². The number of hydrogen-bond donors (Lipinski definition) is 3. The van der Waals surface area contributed by atoms with E-state index >= 15 is 0 Å². The summed E-state index contributed by atoms with van der Waals surface area (Å²) in [6, 6.07) is 1.79. The molecule has 0 aliphatic heterocycles. The first kappa shape index (κ1) is 16.9. The van der Waals surface area contributed by atoms with Crippen LogP contribution in [-0.4, -0.2) is 28.0 Å². The molecule has 0 saturated carbocycles. The number of aromatic amines is 1. The normalized spacial score (nSPS) is 13.8. The summed E-state index contributed by atoms with van der Waals surface area (Å²) in [6.45, 7) is 7.41. The number of rotatable bonds is 6. The zero-order valence-corrected chi connectivity index (χ0v) is 12.8. The van der Waals surface area contributed by atoms with E-state index in [1.165, 1.54) is 6.07 Å². The number of aromatic nitrogens is 1. The summed E-state index contributed by atoms with van der Waals surface area (Å²) >= 11 is 0. The highest BCUT2D eigenvalue weighted by molar-refractivity contribution is 5.96. The molecule has 2 atom stereocenters. The molecule has 1 aromatic heterocycles. The minimum atomic E-state index is -1.08. The molecule has 1 heterocycles. The number of H-pyrrole nitrogens is 1. The molecular weight excluding hydrogens is 272 g/mol. The van der Waals surface area contributed by atoms with Gasteiger partial charge in [-0.15, -0.1) is 0 Å². The Bertz CT molecular complexity index is 577. The second kappa shape index (κ2) is 7.06. The van der Waals surface area contributed by atoms with Gasteiger partial charge < -0.3 is 15.4 Å². The lowest BCUT2D eigenvalue weighted by Crippen LogP contribution is -2.45. The third-order valence-corrected chi connectivity index (χ3v) is 3.51. The number of hydrogen-bond acceptors (Lipinski definition) is 3. The number of carbonyl (C=O) groups is 2. The van der Waals surface area contributed by atoms with Crippen molar-refractivity contribution in [1.82, 2.24) is 10.3 Å². The van der Waals surface area contributed by atoms with Gasteiger partial charge in [0.15, 0.2) is 0 Å². The third kappa shape index (κ3) is 4.44. The van der Waals surface area contributed by atoms with E-state index < -0.39 is 17.9 Å². The SMILES string of the molecule is CC[C@H](C)[C@H](NC(=O)c1cc(C(C)C)[nH]c(=O)c1)C(=O)O.